The largest absolute Gasteiger partial charge is 0.573 e. The molecule has 0 heterocycles. The highest BCUT2D eigenvalue weighted by Crippen LogP contribution is 2.49. The third-order valence-electron chi connectivity index (χ3n) is 6.85. The second-order valence-corrected chi connectivity index (χ2v) is 9.00. The van der Waals surface area contributed by atoms with Gasteiger partial charge in [0.2, 0.25) is 0 Å². The van der Waals surface area contributed by atoms with E-state index in [4.69, 9.17) is 0 Å². The lowest BCUT2D eigenvalue weighted by Gasteiger charge is -2.40. The van der Waals surface area contributed by atoms with Crippen molar-refractivity contribution in [2.45, 2.75) is 64.1 Å². The molecule has 0 aromatic heterocycles. The Morgan fingerprint density at radius 1 is 1.03 bits per heavy atom. The number of ether oxygens (including phenoxy) is 1. The Balaban J connectivity index is 1.61. The standard InChI is InChI=1S/C26H26F6O/c1-2-3-4-5-15-6-9-18-16(12-15)7-10-19-20(18)14-22(28)24(25(19)29)17-8-11-23(21(27)13-17)33-26(30,31)32/h4-5,8,11,13-16,18H,2-3,6-7,9-10,12H2,1H3. The summed E-state index contributed by atoms with van der Waals surface area (Å²) in [6.07, 6.45) is 5.67. The molecular weight excluding hydrogens is 442 g/mol. The van der Waals surface area contributed by atoms with Gasteiger partial charge in [-0.25, -0.2) is 13.2 Å². The molecule has 33 heavy (non-hydrogen) atoms. The maximum atomic E-state index is 15.5. The molecule has 4 rings (SSSR count). The zero-order chi connectivity index (χ0) is 23.8. The lowest BCUT2D eigenvalue weighted by Crippen LogP contribution is -2.28. The van der Waals surface area contributed by atoms with Gasteiger partial charge in [-0.2, -0.15) is 0 Å². The van der Waals surface area contributed by atoms with Gasteiger partial charge < -0.3 is 4.74 Å². The smallest absolute Gasteiger partial charge is 0.403 e. The van der Waals surface area contributed by atoms with Crippen LogP contribution in [0.4, 0.5) is 26.3 Å². The van der Waals surface area contributed by atoms with Crippen LogP contribution in [0, 0.1) is 29.3 Å². The topological polar surface area (TPSA) is 9.23 Å². The van der Waals surface area contributed by atoms with E-state index in [1.54, 1.807) is 0 Å². The van der Waals surface area contributed by atoms with E-state index in [-0.39, 0.29) is 11.5 Å². The van der Waals surface area contributed by atoms with Gasteiger partial charge in [0.15, 0.2) is 11.6 Å². The number of benzene rings is 2. The van der Waals surface area contributed by atoms with Gasteiger partial charge in [0.25, 0.3) is 0 Å². The van der Waals surface area contributed by atoms with Gasteiger partial charge >= 0.3 is 6.36 Å². The Bertz CT molecular complexity index is 1040. The number of halogens is 6. The van der Waals surface area contributed by atoms with E-state index in [1.807, 2.05) is 0 Å². The molecule has 3 unspecified atom stereocenters. The molecule has 0 amide bonds. The summed E-state index contributed by atoms with van der Waals surface area (Å²) >= 11 is 0. The Morgan fingerprint density at radius 3 is 2.52 bits per heavy atom. The molecule has 1 fully saturated rings. The molecule has 0 bridgehead atoms. The van der Waals surface area contributed by atoms with Crippen molar-refractivity contribution in [3.05, 3.63) is 65.0 Å². The first-order valence-electron chi connectivity index (χ1n) is 11.4. The summed E-state index contributed by atoms with van der Waals surface area (Å²) in [5.41, 5.74) is 0.537. The van der Waals surface area contributed by atoms with Gasteiger partial charge in [0.1, 0.15) is 11.6 Å². The molecular formula is C26H26F6O. The number of unbranched alkanes of at least 4 members (excludes halogenated alkanes) is 1. The van der Waals surface area contributed by atoms with Crippen LogP contribution in [-0.2, 0) is 6.42 Å². The molecule has 2 aromatic carbocycles. The van der Waals surface area contributed by atoms with Gasteiger partial charge in [-0.05, 0) is 91.2 Å². The number of rotatable bonds is 5. The van der Waals surface area contributed by atoms with Crippen molar-refractivity contribution < 1.29 is 31.1 Å². The third-order valence-corrected chi connectivity index (χ3v) is 6.85. The maximum Gasteiger partial charge on any atom is 0.573 e. The highest BCUT2D eigenvalue weighted by atomic mass is 19.4. The van der Waals surface area contributed by atoms with Crippen LogP contribution in [0.25, 0.3) is 11.1 Å². The van der Waals surface area contributed by atoms with Crippen LogP contribution in [0.3, 0.4) is 0 Å². The van der Waals surface area contributed by atoms with Gasteiger partial charge in [-0.1, -0.05) is 31.6 Å². The molecule has 0 aliphatic heterocycles. The van der Waals surface area contributed by atoms with Crippen molar-refractivity contribution in [1.82, 2.24) is 0 Å². The van der Waals surface area contributed by atoms with Crippen LogP contribution < -0.4 is 4.74 Å². The predicted octanol–water partition coefficient (Wildman–Crippen LogP) is 8.47. The minimum absolute atomic E-state index is 0.0851. The van der Waals surface area contributed by atoms with Gasteiger partial charge in [0.05, 0.1) is 5.56 Å². The molecule has 7 heteroatoms. The fourth-order valence-corrected chi connectivity index (χ4v) is 5.38. The predicted molar refractivity (Wildman–Crippen MR) is 114 cm³/mol. The molecule has 3 atom stereocenters. The Hall–Kier alpha value is -2.44. The van der Waals surface area contributed by atoms with Crippen LogP contribution in [0.5, 0.6) is 5.75 Å². The highest BCUT2D eigenvalue weighted by Gasteiger charge is 2.37. The summed E-state index contributed by atoms with van der Waals surface area (Å²) in [5.74, 6) is -3.02. The average Bonchev–Trinajstić information content (AvgIpc) is 2.74. The number of hydrogen-bond donors (Lipinski definition) is 0. The summed E-state index contributed by atoms with van der Waals surface area (Å²) in [5, 5.41) is 0. The molecule has 178 valence electrons. The van der Waals surface area contributed by atoms with Crippen molar-refractivity contribution in [1.29, 1.82) is 0 Å². The first-order valence-corrected chi connectivity index (χ1v) is 11.4. The molecule has 2 aromatic rings. The average molecular weight is 468 g/mol. The lowest BCUT2D eigenvalue weighted by molar-refractivity contribution is -0.275. The summed E-state index contributed by atoms with van der Waals surface area (Å²) in [4.78, 5) is 0. The first-order chi connectivity index (χ1) is 15.7. The molecule has 2 aliphatic carbocycles. The van der Waals surface area contributed by atoms with E-state index in [0.29, 0.717) is 35.4 Å². The molecule has 1 nitrogen and oxygen atoms in total. The normalized spacial score (nSPS) is 22.8. The van der Waals surface area contributed by atoms with Crippen LogP contribution in [0.1, 0.15) is 62.5 Å². The molecule has 0 radical (unpaired) electrons. The molecule has 0 saturated heterocycles. The zero-order valence-electron chi connectivity index (χ0n) is 18.3. The Kier molecular flexibility index (Phi) is 6.78. The van der Waals surface area contributed by atoms with Crippen LogP contribution in [0.2, 0.25) is 0 Å². The fourth-order valence-electron chi connectivity index (χ4n) is 5.38. The molecule has 1 saturated carbocycles. The van der Waals surface area contributed by atoms with Crippen LogP contribution in [0.15, 0.2) is 36.4 Å². The minimum Gasteiger partial charge on any atom is -0.403 e. The Morgan fingerprint density at radius 2 is 1.82 bits per heavy atom. The van der Waals surface area contributed by atoms with E-state index >= 15 is 8.78 Å². The summed E-state index contributed by atoms with van der Waals surface area (Å²) < 4.78 is 85.5. The Labute approximate surface area is 189 Å². The second-order valence-electron chi connectivity index (χ2n) is 9.00. The van der Waals surface area contributed by atoms with Crippen molar-refractivity contribution in [2.75, 3.05) is 0 Å². The molecule has 2 aliphatic rings. The highest BCUT2D eigenvalue weighted by molar-refractivity contribution is 5.68. The maximum absolute atomic E-state index is 15.5. The number of allylic oxidation sites excluding steroid dienone is 2. The molecule has 0 N–H and O–H groups in total. The van der Waals surface area contributed by atoms with Gasteiger partial charge in [-0.15, -0.1) is 13.2 Å². The van der Waals surface area contributed by atoms with Crippen LogP contribution >= 0.6 is 0 Å². The first kappa shape index (κ1) is 23.7. The lowest BCUT2D eigenvalue weighted by atomic mass is 9.65. The van der Waals surface area contributed by atoms with E-state index < -0.39 is 35.1 Å². The SMILES string of the molecule is CCCC=CC1CCC2c3cc(F)c(-c4ccc(OC(F)(F)F)c(F)c4)c(F)c3CCC2C1. The van der Waals surface area contributed by atoms with Crippen molar-refractivity contribution in [3.63, 3.8) is 0 Å². The summed E-state index contributed by atoms with van der Waals surface area (Å²) in [6.45, 7) is 2.13. The van der Waals surface area contributed by atoms with Crippen LogP contribution in [-0.4, -0.2) is 6.36 Å². The van der Waals surface area contributed by atoms with Gasteiger partial charge in [0, 0.05) is 0 Å². The van der Waals surface area contributed by atoms with Crippen molar-refractivity contribution >= 4 is 0 Å². The summed E-state index contributed by atoms with van der Waals surface area (Å²) in [6, 6.07) is 3.79. The monoisotopic (exact) mass is 468 g/mol. The molecule has 0 spiro atoms. The minimum atomic E-state index is -5.06. The number of fused-ring (bicyclic) bond motifs is 3. The van der Waals surface area contributed by atoms with E-state index in [0.717, 1.165) is 50.7 Å². The van der Waals surface area contributed by atoms with E-state index in [1.165, 1.54) is 6.07 Å². The summed E-state index contributed by atoms with van der Waals surface area (Å²) in [7, 11) is 0. The zero-order valence-corrected chi connectivity index (χ0v) is 18.3. The number of alkyl halides is 3. The van der Waals surface area contributed by atoms with Crippen molar-refractivity contribution in [2.24, 2.45) is 11.8 Å². The quantitative estimate of drug-likeness (QED) is 0.316. The van der Waals surface area contributed by atoms with Gasteiger partial charge in [-0.3, -0.25) is 0 Å². The fraction of sp³-hybridized carbons (Fsp3) is 0.462. The second kappa shape index (κ2) is 9.43. The van der Waals surface area contributed by atoms with Crippen molar-refractivity contribution in [3.8, 4) is 16.9 Å². The third kappa shape index (κ3) is 5.07. The van der Waals surface area contributed by atoms with E-state index in [2.05, 4.69) is 23.8 Å². The number of hydrogen-bond acceptors (Lipinski definition) is 1. The van der Waals surface area contributed by atoms with E-state index in [9.17, 15) is 17.6 Å².